The summed E-state index contributed by atoms with van der Waals surface area (Å²) in [5.74, 6) is 3.05. The van der Waals surface area contributed by atoms with Gasteiger partial charge in [0, 0.05) is 29.3 Å². The van der Waals surface area contributed by atoms with E-state index in [1.807, 2.05) is 29.6 Å². The summed E-state index contributed by atoms with van der Waals surface area (Å²) in [6, 6.07) is 0.594. The quantitative estimate of drug-likeness (QED) is 0.204. The van der Waals surface area contributed by atoms with E-state index in [2.05, 4.69) is 35.4 Å². The fourth-order valence-electron chi connectivity index (χ4n) is 2.19. The molecule has 1 saturated carbocycles. The van der Waals surface area contributed by atoms with Crippen LogP contribution in [0.2, 0.25) is 0 Å². The number of aliphatic imine (C=N–C) groups is 1. The summed E-state index contributed by atoms with van der Waals surface area (Å²) in [7, 11) is 0. The minimum atomic E-state index is 0. The maximum atomic E-state index is 4.63. The van der Waals surface area contributed by atoms with Crippen LogP contribution in [0.1, 0.15) is 26.2 Å². The molecule has 0 aliphatic heterocycles. The van der Waals surface area contributed by atoms with Crippen molar-refractivity contribution in [2.24, 2.45) is 4.99 Å². The summed E-state index contributed by atoms with van der Waals surface area (Å²) < 4.78 is 0. The van der Waals surface area contributed by atoms with Gasteiger partial charge in [0.25, 0.3) is 0 Å². The summed E-state index contributed by atoms with van der Waals surface area (Å²) in [4.78, 5) is 4.63. The lowest BCUT2D eigenvalue weighted by Gasteiger charge is -2.17. The minimum absolute atomic E-state index is 0. The number of hydrogen-bond donors (Lipinski definition) is 2. The van der Waals surface area contributed by atoms with E-state index in [-0.39, 0.29) is 24.0 Å². The van der Waals surface area contributed by atoms with Gasteiger partial charge in [0.2, 0.25) is 0 Å². The highest BCUT2D eigenvalue weighted by atomic mass is 127. The topological polar surface area (TPSA) is 36.4 Å². The van der Waals surface area contributed by atoms with Crippen molar-refractivity contribution in [3.05, 3.63) is 12.7 Å². The second kappa shape index (κ2) is 13.1. The molecule has 0 saturated heterocycles. The van der Waals surface area contributed by atoms with Crippen molar-refractivity contribution < 1.29 is 0 Å². The minimum Gasteiger partial charge on any atom is -0.357 e. The van der Waals surface area contributed by atoms with Crippen molar-refractivity contribution in [1.29, 1.82) is 0 Å². The first-order chi connectivity index (χ1) is 9.30. The molecule has 20 heavy (non-hydrogen) atoms. The predicted octanol–water partition coefficient (Wildman–Crippen LogP) is 3.36. The Labute approximate surface area is 149 Å². The Bertz CT molecular complexity index is 288. The van der Waals surface area contributed by atoms with E-state index in [9.17, 15) is 0 Å². The second-order valence-electron chi connectivity index (χ2n) is 4.64. The number of halogens is 1. The molecule has 0 aromatic rings. The third kappa shape index (κ3) is 8.67. The lowest BCUT2D eigenvalue weighted by atomic mass is 10.2. The highest BCUT2D eigenvalue weighted by Crippen LogP contribution is 2.27. The summed E-state index contributed by atoms with van der Waals surface area (Å²) in [6.07, 6.45) is 8.01. The van der Waals surface area contributed by atoms with Crippen LogP contribution in [0, 0.1) is 0 Å². The molecule has 0 bridgehead atoms. The molecule has 0 spiro atoms. The Morgan fingerprint density at radius 2 is 2.25 bits per heavy atom. The maximum Gasteiger partial charge on any atom is 0.191 e. The van der Waals surface area contributed by atoms with Crippen LogP contribution in [0.3, 0.4) is 0 Å². The number of hydrogen-bond acceptors (Lipinski definition) is 3. The highest BCUT2D eigenvalue weighted by molar-refractivity contribution is 14.0. The van der Waals surface area contributed by atoms with Crippen molar-refractivity contribution in [2.75, 3.05) is 30.9 Å². The number of thioether (sulfide) groups is 2. The van der Waals surface area contributed by atoms with Gasteiger partial charge < -0.3 is 10.6 Å². The Hall–Kier alpha value is 0.440. The van der Waals surface area contributed by atoms with E-state index in [1.165, 1.54) is 19.3 Å². The van der Waals surface area contributed by atoms with Crippen molar-refractivity contribution >= 4 is 53.5 Å². The molecular weight excluding hydrogens is 401 g/mol. The van der Waals surface area contributed by atoms with Gasteiger partial charge in [0.05, 0.1) is 6.54 Å². The van der Waals surface area contributed by atoms with E-state index >= 15 is 0 Å². The zero-order chi connectivity index (χ0) is 13.9. The van der Waals surface area contributed by atoms with Crippen LogP contribution in [-0.2, 0) is 0 Å². The van der Waals surface area contributed by atoms with Crippen LogP contribution >= 0.6 is 47.5 Å². The predicted molar refractivity (Wildman–Crippen MR) is 107 cm³/mol. The van der Waals surface area contributed by atoms with Gasteiger partial charge >= 0.3 is 0 Å². The van der Waals surface area contributed by atoms with Gasteiger partial charge in [-0.3, -0.25) is 4.99 Å². The van der Waals surface area contributed by atoms with Crippen molar-refractivity contribution in [1.82, 2.24) is 10.6 Å². The van der Waals surface area contributed by atoms with Crippen LogP contribution in [0.25, 0.3) is 0 Å². The lowest BCUT2D eigenvalue weighted by Crippen LogP contribution is -2.42. The molecule has 2 atom stereocenters. The summed E-state index contributed by atoms with van der Waals surface area (Å²) in [5.41, 5.74) is 0. The Morgan fingerprint density at radius 3 is 2.85 bits per heavy atom. The standard InChI is InChI=1S/C14H27N3S2.HI/c1-4-9-19-10-8-16-14(15-5-2)17-12-6-7-13(11-12)18-3;/h4,12-13H,1,5-11H2,2-3H3,(H2,15,16,17);1H. The average Bonchev–Trinajstić information content (AvgIpc) is 2.86. The molecular formula is C14H28IN3S2. The zero-order valence-electron chi connectivity index (χ0n) is 12.6. The highest BCUT2D eigenvalue weighted by Gasteiger charge is 2.24. The van der Waals surface area contributed by atoms with E-state index in [0.717, 1.165) is 35.8 Å². The SMILES string of the molecule is C=CCSCCN=C(NCC)NC1CCC(SC)C1.I. The largest absolute Gasteiger partial charge is 0.357 e. The van der Waals surface area contributed by atoms with Crippen molar-refractivity contribution in [3.63, 3.8) is 0 Å². The monoisotopic (exact) mass is 429 g/mol. The first-order valence-electron chi connectivity index (χ1n) is 7.06. The fourth-order valence-corrected chi connectivity index (χ4v) is 3.54. The molecule has 0 radical (unpaired) electrons. The average molecular weight is 429 g/mol. The van der Waals surface area contributed by atoms with Crippen LogP contribution in [-0.4, -0.2) is 48.1 Å². The van der Waals surface area contributed by atoms with E-state index in [0.29, 0.717) is 6.04 Å². The van der Waals surface area contributed by atoms with Gasteiger partial charge in [-0.15, -0.1) is 30.6 Å². The van der Waals surface area contributed by atoms with Crippen molar-refractivity contribution in [3.8, 4) is 0 Å². The number of nitrogens with one attached hydrogen (secondary N) is 2. The molecule has 118 valence electrons. The summed E-state index contributed by atoms with van der Waals surface area (Å²) in [6.45, 7) is 7.63. The first-order valence-corrected chi connectivity index (χ1v) is 9.50. The third-order valence-corrected chi connectivity index (χ3v) is 5.18. The van der Waals surface area contributed by atoms with Gasteiger partial charge in [-0.25, -0.2) is 0 Å². The number of rotatable bonds is 8. The van der Waals surface area contributed by atoms with Crippen LogP contribution < -0.4 is 10.6 Å². The smallest absolute Gasteiger partial charge is 0.191 e. The molecule has 1 aliphatic rings. The molecule has 1 aliphatic carbocycles. The van der Waals surface area contributed by atoms with Gasteiger partial charge in [-0.05, 0) is 32.4 Å². The molecule has 0 aromatic carbocycles. The van der Waals surface area contributed by atoms with Gasteiger partial charge in [0.1, 0.15) is 0 Å². The Kier molecular flexibility index (Phi) is 13.4. The van der Waals surface area contributed by atoms with Gasteiger partial charge in [-0.2, -0.15) is 23.5 Å². The maximum absolute atomic E-state index is 4.63. The molecule has 6 heteroatoms. The second-order valence-corrected chi connectivity index (χ2v) is 6.92. The van der Waals surface area contributed by atoms with Crippen molar-refractivity contribution in [2.45, 2.75) is 37.5 Å². The van der Waals surface area contributed by atoms with E-state index in [4.69, 9.17) is 0 Å². The normalized spacial score (nSPS) is 22.2. The third-order valence-electron chi connectivity index (χ3n) is 3.14. The zero-order valence-corrected chi connectivity index (χ0v) is 16.5. The molecule has 0 amide bonds. The lowest BCUT2D eigenvalue weighted by molar-refractivity contribution is 0.616. The van der Waals surface area contributed by atoms with Gasteiger partial charge in [0.15, 0.2) is 5.96 Å². The van der Waals surface area contributed by atoms with E-state index in [1.54, 1.807) is 0 Å². The summed E-state index contributed by atoms with van der Waals surface area (Å²) in [5, 5.41) is 7.73. The molecule has 3 nitrogen and oxygen atoms in total. The number of nitrogens with zero attached hydrogens (tertiary/aromatic N) is 1. The summed E-state index contributed by atoms with van der Waals surface area (Å²) >= 11 is 3.87. The Balaban J connectivity index is 0.00000361. The number of guanidine groups is 1. The molecule has 1 rings (SSSR count). The van der Waals surface area contributed by atoms with Crippen LogP contribution in [0.15, 0.2) is 17.6 Å². The first kappa shape index (κ1) is 20.4. The molecule has 0 aromatic heterocycles. The van der Waals surface area contributed by atoms with Crippen LogP contribution in [0.4, 0.5) is 0 Å². The fraction of sp³-hybridized carbons (Fsp3) is 0.786. The van der Waals surface area contributed by atoms with Gasteiger partial charge in [-0.1, -0.05) is 6.08 Å². The molecule has 0 heterocycles. The molecule has 2 N–H and O–H groups in total. The molecule has 1 fully saturated rings. The molecule has 2 unspecified atom stereocenters. The Morgan fingerprint density at radius 1 is 1.45 bits per heavy atom. The van der Waals surface area contributed by atoms with Crippen LogP contribution in [0.5, 0.6) is 0 Å². The van der Waals surface area contributed by atoms with E-state index < -0.39 is 0 Å².